The normalized spacial score (nSPS) is 47.6. The highest BCUT2D eigenvalue weighted by Gasteiger charge is 2.30. The summed E-state index contributed by atoms with van der Waals surface area (Å²) < 4.78 is 0. The lowest BCUT2D eigenvalue weighted by Crippen LogP contribution is -2.24. The minimum Gasteiger partial charge on any atom is -0.390 e. The van der Waals surface area contributed by atoms with E-state index in [1.165, 1.54) is 0 Å². The molecular weight excluding hydrogens is 124 g/mol. The van der Waals surface area contributed by atoms with Crippen LogP contribution in [-0.2, 0) is 0 Å². The molecule has 1 fully saturated rings. The van der Waals surface area contributed by atoms with Crippen molar-refractivity contribution in [2.75, 3.05) is 0 Å². The maximum Gasteiger partial charge on any atom is 0.0914 e. The van der Waals surface area contributed by atoms with E-state index in [4.69, 9.17) is 10.2 Å². The third kappa shape index (κ3) is 0.989. The average Bonchev–Trinajstić information content (AvgIpc) is 1.98. The van der Waals surface area contributed by atoms with Gasteiger partial charge in [-0.05, 0) is 12.8 Å². The van der Waals surface area contributed by atoms with Crippen molar-refractivity contribution in [2.45, 2.75) is 30.3 Å². The predicted molar refractivity (Wildman–Crippen MR) is 34.0 cm³/mol. The lowest BCUT2D eigenvalue weighted by atomic mass is 10.3. The first kappa shape index (κ1) is 6.39. The van der Waals surface area contributed by atoms with E-state index in [1.54, 1.807) is 0 Å². The molecule has 0 aromatic carbocycles. The van der Waals surface area contributed by atoms with Crippen molar-refractivity contribution in [2.24, 2.45) is 0 Å². The summed E-state index contributed by atoms with van der Waals surface area (Å²) in [5, 5.41) is 17.8. The van der Waals surface area contributed by atoms with Gasteiger partial charge in [-0.2, -0.15) is 12.6 Å². The van der Waals surface area contributed by atoms with Gasteiger partial charge in [0.25, 0.3) is 0 Å². The monoisotopic (exact) mass is 134 g/mol. The molecule has 0 aromatic heterocycles. The second-order valence-electron chi connectivity index (χ2n) is 2.20. The Hall–Kier alpha value is 0.270. The zero-order valence-electron chi connectivity index (χ0n) is 4.49. The minimum atomic E-state index is -0.599. The molecule has 3 unspecified atom stereocenters. The average molecular weight is 134 g/mol. The van der Waals surface area contributed by atoms with Crippen molar-refractivity contribution >= 4 is 12.6 Å². The van der Waals surface area contributed by atoms with Crippen molar-refractivity contribution in [3.63, 3.8) is 0 Å². The van der Waals surface area contributed by atoms with Crippen LogP contribution in [0.1, 0.15) is 12.8 Å². The fraction of sp³-hybridized carbons (Fsp3) is 1.00. The molecule has 2 N–H and O–H groups in total. The lowest BCUT2D eigenvalue weighted by Gasteiger charge is -2.09. The van der Waals surface area contributed by atoms with Crippen LogP contribution in [0.15, 0.2) is 0 Å². The van der Waals surface area contributed by atoms with Crippen LogP contribution in [0, 0.1) is 0 Å². The summed E-state index contributed by atoms with van der Waals surface area (Å²) in [6, 6.07) is 0. The van der Waals surface area contributed by atoms with Crippen LogP contribution in [0.4, 0.5) is 0 Å². The Morgan fingerprint density at radius 2 is 1.88 bits per heavy atom. The van der Waals surface area contributed by atoms with Crippen molar-refractivity contribution in [1.82, 2.24) is 0 Å². The summed E-state index contributed by atoms with van der Waals surface area (Å²) in [6.45, 7) is 0. The van der Waals surface area contributed by atoms with Crippen molar-refractivity contribution in [3.8, 4) is 0 Å². The van der Waals surface area contributed by atoms with E-state index in [-0.39, 0.29) is 5.25 Å². The van der Waals surface area contributed by atoms with Crippen molar-refractivity contribution in [3.05, 3.63) is 0 Å². The van der Waals surface area contributed by atoms with Gasteiger partial charge in [0, 0.05) is 5.25 Å². The molecule has 0 spiro atoms. The van der Waals surface area contributed by atoms with E-state index in [2.05, 4.69) is 12.6 Å². The van der Waals surface area contributed by atoms with E-state index < -0.39 is 12.2 Å². The van der Waals surface area contributed by atoms with Crippen LogP contribution in [-0.4, -0.2) is 27.7 Å². The summed E-state index contributed by atoms with van der Waals surface area (Å²) in [6.07, 6.45) is 0.386. The highest BCUT2D eigenvalue weighted by molar-refractivity contribution is 7.81. The smallest absolute Gasteiger partial charge is 0.0914 e. The van der Waals surface area contributed by atoms with E-state index >= 15 is 0 Å². The molecule has 1 aliphatic rings. The molecule has 0 saturated heterocycles. The summed E-state index contributed by atoms with van der Waals surface area (Å²) in [7, 11) is 0. The molecule has 0 aliphatic heterocycles. The number of aliphatic hydroxyl groups is 2. The van der Waals surface area contributed by atoms with Gasteiger partial charge in [0.1, 0.15) is 0 Å². The van der Waals surface area contributed by atoms with Crippen LogP contribution in [0.25, 0.3) is 0 Å². The number of aliphatic hydroxyl groups excluding tert-OH is 2. The molecule has 2 nitrogen and oxygen atoms in total. The van der Waals surface area contributed by atoms with Gasteiger partial charge in [-0.3, -0.25) is 0 Å². The Labute approximate surface area is 53.9 Å². The lowest BCUT2D eigenvalue weighted by molar-refractivity contribution is 0.0465. The zero-order chi connectivity index (χ0) is 6.15. The second-order valence-corrected chi connectivity index (χ2v) is 2.87. The Bertz CT molecular complexity index is 76.5. The molecule has 0 aromatic rings. The van der Waals surface area contributed by atoms with Gasteiger partial charge in [-0.15, -0.1) is 0 Å². The largest absolute Gasteiger partial charge is 0.390 e. The maximum atomic E-state index is 8.94. The highest BCUT2D eigenvalue weighted by Crippen LogP contribution is 2.23. The van der Waals surface area contributed by atoms with Gasteiger partial charge >= 0.3 is 0 Å². The molecule has 48 valence electrons. The fourth-order valence-corrected chi connectivity index (χ4v) is 1.29. The third-order valence-electron chi connectivity index (χ3n) is 1.55. The first-order chi connectivity index (χ1) is 3.72. The van der Waals surface area contributed by atoms with Crippen LogP contribution >= 0.6 is 12.6 Å². The van der Waals surface area contributed by atoms with Gasteiger partial charge in [0.15, 0.2) is 0 Å². The Morgan fingerprint density at radius 3 is 2.00 bits per heavy atom. The van der Waals surface area contributed by atoms with Gasteiger partial charge in [-0.1, -0.05) is 0 Å². The number of hydrogen-bond donors (Lipinski definition) is 3. The molecule has 1 saturated carbocycles. The Morgan fingerprint density at radius 1 is 1.25 bits per heavy atom. The Kier molecular flexibility index (Phi) is 1.80. The van der Waals surface area contributed by atoms with Crippen molar-refractivity contribution < 1.29 is 10.2 Å². The molecule has 0 heterocycles. The Balaban J connectivity index is 2.44. The van der Waals surface area contributed by atoms with Gasteiger partial charge in [0.05, 0.1) is 12.2 Å². The molecule has 0 bridgehead atoms. The number of rotatable bonds is 0. The molecule has 0 radical (unpaired) electrons. The number of hydrogen-bond acceptors (Lipinski definition) is 3. The summed E-state index contributed by atoms with van der Waals surface area (Å²) >= 11 is 4.04. The predicted octanol–water partition coefficient (Wildman–Crippen LogP) is -0.200. The molecule has 1 rings (SSSR count). The molecular formula is C5H10O2S. The van der Waals surface area contributed by atoms with Gasteiger partial charge in [-0.25, -0.2) is 0 Å². The fourth-order valence-electron chi connectivity index (χ4n) is 0.939. The van der Waals surface area contributed by atoms with E-state index in [1.807, 2.05) is 0 Å². The van der Waals surface area contributed by atoms with Crippen LogP contribution in [0.2, 0.25) is 0 Å². The van der Waals surface area contributed by atoms with Crippen LogP contribution < -0.4 is 0 Å². The van der Waals surface area contributed by atoms with Crippen molar-refractivity contribution in [1.29, 1.82) is 0 Å². The van der Waals surface area contributed by atoms with Gasteiger partial charge < -0.3 is 10.2 Å². The molecule has 8 heavy (non-hydrogen) atoms. The van der Waals surface area contributed by atoms with E-state index in [9.17, 15) is 0 Å². The first-order valence-electron chi connectivity index (χ1n) is 2.76. The molecule has 3 heteroatoms. The molecule has 1 aliphatic carbocycles. The van der Waals surface area contributed by atoms with Gasteiger partial charge in [0.2, 0.25) is 0 Å². The van der Waals surface area contributed by atoms with Crippen LogP contribution in [0.5, 0.6) is 0 Å². The maximum absolute atomic E-state index is 8.94. The summed E-state index contributed by atoms with van der Waals surface area (Å²) in [5.41, 5.74) is 0. The first-order valence-corrected chi connectivity index (χ1v) is 3.27. The number of thiol groups is 1. The minimum absolute atomic E-state index is 0.00926. The third-order valence-corrected chi connectivity index (χ3v) is 2.11. The quantitative estimate of drug-likeness (QED) is 0.402. The topological polar surface area (TPSA) is 40.5 Å². The second kappa shape index (κ2) is 2.25. The summed E-state index contributed by atoms with van der Waals surface area (Å²) in [5.74, 6) is 0. The summed E-state index contributed by atoms with van der Waals surface area (Å²) in [4.78, 5) is 0. The van der Waals surface area contributed by atoms with Crippen LogP contribution in [0.3, 0.4) is 0 Å². The SMILES string of the molecule is OC1CCC(S)C1O. The molecule has 3 atom stereocenters. The van der Waals surface area contributed by atoms with E-state index in [0.29, 0.717) is 6.42 Å². The zero-order valence-corrected chi connectivity index (χ0v) is 5.38. The highest BCUT2D eigenvalue weighted by atomic mass is 32.1. The standard InChI is InChI=1S/C5H10O2S/c6-3-1-2-4(8)5(3)7/h3-8H,1-2H2. The van der Waals surface area contributed by atoms with E-state index in [0.717, 1.165) is 6.42 Å². The molecule has 0 amide bonds.